The topological polar surface area (TPSA) is 125 Å². The Morgan fingerprint density at radius 3 is 2.47 bits per heavy atom. The number of nitrogens with zero attached hydrogens (tertiary/aromatic N) is 1. The summed E-state index contributed by atoms with van der Waals surface area (Å²) in [4.78, 5) is 54.4. The lowest BCUT2D eigenvalue weighted by Gasteiger charge is -2.41. The number of hydrogen-bond acceptors (Lipinski definition) is 6. The predicted octanol–water partition coefficient (Wildman–Crippen LogP) is 3.92. The second kappa shape index (κ2) is 14.6. The number of esters is 1. The summed E-state index contributed by atoms with van der Waals surface area (Å²) < 4.78 is 4.73. The third-order valence-corrected chi connectivity index (χ3v) is 8.68. The number of fused-ring (bicyclic) bond motifs is 1. The van der Waals surface area contributed by atoms with E-state index in [1.54, 1.807) is 11.0 Å². The van der Waals surface area contributed by atoms with E-state index < -0.39 is 23.7 Å². The minimum atomic E-state index is -1.14. The first-order valence-corrected chi connectivity index (χ1v) is 15.4. The van der Waals surface area contributed by atoms with E-state index in [0.717, 1.165) is 24.0 Å². The minimum absolute atomic E-state index is 0.103. The van der Waals surface area contributed by atoms with Crippen LogP contribution in [0.4, 0.5) is 0 Å². The van der Waals surface area contributed by atoms with Gasteiger partial charge < -0.3 is 25.4 Å². The number of benzene rings is 2. The van der Waals surface area contributed by atoms with E-state index in [-0.39, 0.29) is 36.0 Å². The van der Waals surface area contributed by atoms with Gasteiger partial charge in [-0.2, -0.15) is 0 Å². The molecule has 1 fully saturated rings. The van der Waals surface area contributed by atoms with Crippen molar-refractivity contribution < 1.29 is 29.0 Å². The second-order valence-electron chi connectivity index (χ2n) is 12.3. The van der Waals surface area contributed by atoms with Crippen molar-refractivity contribution in [1.29, 1.82) is 0 Å². The number of carbonyl (C=O) groups is 4. The van der Waals surface area contributed by atoms with Crippen molar-refractivity contribution in [2.45, 2.75) is 102 Å². The maximum absolute atomic E-state index is 14.0. The van der Waals surface area contributed by atoms with Crippen molar-refractivity contribution in [3.05, 3.63) is 71.3 Å². The van der Waals surface area contributed by atoms with Crippen LogP contribution in [0.3, 0.4) is 0 Å². The molecule has 43 heavy (non-hydrogen) atoms. The number of carbonyl (C=O) groups excluding carboxylic acids is 4. The summed E-state index contributed by atoms with van der Waals surface area (Å²) >= 11 is 0. The number of aliphatic hydroxyl groups is 1. The Balaban J connectivity index is 1.51. The molecule has 3 N–H and O–H groups in total. The molecule has 2 aromatic rings. The Kier molecular flexibility index (Phi) is 11.0. The van der Waals surface area contributed by atoms with Crippen molar-refractivity contribution in [1.82, 2.24) is 15.5 Å². The van der Waals surface area contributed by atoms with Crippen LogP contribution in [0.15, 0.2) is 54.6 Å². The van der Waals surface area contributed by atoms with Crippen LogP contribution in [0.2, 0.25) is 0 Å². The molecule has 2 aliphatic rings. The predicted molar refractivity (Wildman–Crippen MR) is 163 cm³/mol. The molecule has 1 aliphatic carbocycles. The van der Waals surface area contributed by atoms with Crippen molar-refractivity contribution >= 4 is 23.7 Å². The number of methoxy groups -OCH3 is 1. The first-order valence-electron chi connectivity index (χ1n) is 15.4. The molecule has 9 heteroatoms. The Morgan fingerprint density at radius 2 is 1.77 bits per heavy atom. The van der Waals surface area contributed by atoms with E-state index in [9.17, 15) is 24.3 Å². The fourth-order valence-electron chi connectivity index (χ4n) is 6.32. The molecule has 1 aliphatic heterocycles. The molecule has 0 saturated heterocycles. The second-order valence-corrected chi connectivity index (χ2v) is 12.3. The largest absolute Gasteiger partial charge is 0.469 e. The summed E-state index contributed by atoms with van der Waals surface area (Å²) in [6.07, 6.45) is 4.57. The Bertz CT molecular complexity index is 1280. The van der Waals surface area contributed by atoms with Crippen LogP contribution in [-0.4, -0.2) is 64.5 Å². The highest BCUT2D eigenvalue weighted by Gasteiger charge is 2.41. The minimum Gasteiger partial charge on any atom is -0.469 e. The maximum Gasteiger partial charge on any atom is 0.305 e. The van der Waals surface area contributed by atoms with Gasteiger partial charge in [-0.1, -0.05) is 75.2 Å². The lowest BCUT2D eigenvalue weighted by Crippen LogP contribution is -2.60. The third-order valence-electron chi connectivity index (χ3n) is 8.68. The lowest BCUT2D eigenvalue weighted by atomic mass is 9.77. The molecule has 9 nitrogen and oxygen atoms in total. The Hall–Kier alpha value is -3.72. The van der Waals surface area contributed by atoms with E-state index >= 15 is 0 Å². The zero-order valence-electron chi connectivity index (χ0n) is 25.5. The zero-order valence-corrected chi connectivity index (χ0v) is 25.5. The van der Waals surface area contributed by atoms with Gasteiger partial charge in [-0.15, -0.1) is 0 Å². The quantitative estimate of drug-likeness (QED) is 0.303. The average molecular weight is 592 g/mol. The van der Waals surface area contributed by atoms with Gasteiger partial charge in [0, 0.05) is 24.9 Å². The monoisotopic (exact) mass is 591 g/mol. The van der Waals surface area contributed by atoms with Crippen LogP contribution in [0.1, 0.15) is 86.7 Å². The van der Waals surface area contributed by atoms with Crippen LogP contribution in [0.25, 0.3) is 0 Å². The van der Waals surface area contributed by atoms with Gasteiger partial charge in [0.15, 0.2) is 0 Å². The van der Waals surface area contributed by atoms with Gasteiger partial charge in [0.05, 0.1) is 18.8 Å². The summed E-state index contributed by atoms with van der Waals surface area (Å²) in [5.74, 6) is -1.16. The zero-order chi connectivity index (χ0) is 31.0. The van der Waals surface area contributed by atoms with Crippen molar-refractivity contribution in [3.8, 4) is 0 Å². The molecule has 1 heterocycles. The number of amides is 3. The highest BCUT2D eigenvalue weighted by atomic mass is 16.5. The average Bonchev–Trinajstić information content (AvgIpc) is 3.32. The summed E-state index contributed by atoms with van der Waals surface area (Å²) in [7, 11) is 1.34. The molecule has 0 radical (unpaired) electrons. The number of ether oxygens (including phenoxy) is 1. The van der Waals surface area contributed by atoms with Crippen LogP contribution < -0.4 is 10.6 Å². The molecule has 0 aromatic heterocycles. The van der Waals surface area contributed by atoms with E-state index in [1.165, 1.54) is 7.11 Å². The van der Waals surface area contributed by atoms with Crippen LogP contribution >= 0.6 is 0 Å². The van der Waals surface area contributed by atoms with Gasteiger partial charge in [0.1, 0.15) is 12.1 Å². The number of rotatable bonds is 13. The molecule has 3 amide bonds. The summed E-state index contributed by atoms with van der Waals surface area (Å²) in [5.41, 5.74) is 1.24. The summed E-state index contributed by atoms with van der Waals surface area (Å²) in [5, 5.41) is 17.6. The fraction of sp³-hybridized carbons (Fsp3) is 0.529. The highest BCUT2D eigenvalue weighted by Crippen LogP contribution is 2.33. The van der Waals surface area contributed by atoms with Crippen molar-refractivity contribution in [2.24, 2.45) is 5.92 Å². The summed E-state index contributed by atoms with van der Waals surface area (Å²) in [6.45, 7) is 4.29. The molecule has 1 saturated carbocycles. The van der Waals surface area contributed by atoms with E-state index in [1.807, 2.05) is 62.4 Å². The van der Waals surface area contributed by atoms with Gasteiger partial charge in [0.25, 0.3) is 5.91 Å². The molecule has 0 spiro atoms. The Morgan fingerprint density at radius 1 is 1.05 bits per heavy atom. The first-order chi connectivity index (χ1) is 20.6. The van der Waals surface area contributed by atoms with Crippen molar-refractivity contribution in [2.75, 3.05) is 7.11 Å². The van der Waals surface area contributed by atoms with Gasteiger partial charge in [-0.25, -0.2) is 0 Å². The Labute approximate surface area is 254 Å². The molecular formula is C34H45N3O6. The molecule has 4 atom stereocenters. The fourth-order valence-corrected chi connectivity index (χ4v) is 6.32. The van der Waals surface area contributed by atoms with Gasteiger partial charge in [-0.3, -0.25) is 19.2 Å². The molecule has 4 rings (SSSR count). The van der Waals surface area contributed by atoms with Crippen molar-refractivity contribution in [3.63, 3.8) is 0 Å². The molecule has 2 aromatic carbocycles. The van der Waals surface area contributed by atoms with E-state index in [4.69, 9.17) is 4.74 Å². The van der Waals surface area contributed by atoms with Crippen LogP contribution in [-0.2, 0) is 32.1 Å². The van der Waals surface area contributed by atoms with Crippen LogP contribution in [0, 0.1) is 5.92 Å². The lowest BCUT2D eigenvalue weighted by molar-refractivity contribution is -0.141. The van der Waals surface area contributed by atoms with Gasteiger partial charge in [0.2, 0.25) is 11.8 Å². The normalized spacial score (nSPS) is 21.2. The first kappa shape index (κ1) is 32.2. The van der Waals surface area contributed by atoms with E-state index in [0.29, 0.717) is 50.6 Å². The number of hydrogen-bond donors (Lipinski definition) is 3. The SMILES string of the molecule is COC(=O)CCCC1(O)CCCCC1NC(=O)C(CC(C)C)NC(=O)C(Cc1ccccc1)N1Cc2ccccc2C1=O. The number of nitrogens with one attached hydrogen (secondary N) is 2. The standard InChI is InChI=1S/C34H45N3O6/c1-23(2)20-27(31(39)36-29-16-9-10-18-34(29,42)19-11-17-30(38)43-3)35-32(40)28(21-24-12-5-4-6-13-24)37-22-25-14-7-8-15-26(25)33(37)41/h4-8,12-15,23,27-29,42H,9-11,16-22H2,1-3H3,(H,35,40)(H,36,39). The smallest absolute Gasteiger partial charge is 0.305 e. The third kappa shape index (κ3) is 8.22. The van der Waals surface area contributed by atoms with Gasteiger partial charge in [-0.05, 0) is 55.2 Å². The maximum atomic E-state index is 14.0. The van der Waals surface area contributed by atoms with Gasteiger partial charge >= 0.3 is 5.97 Å². The molecular weight excluding hydrogens is 546 g/mol. The summed E-state index contributed by atoms with van der Waals surface area (Å²) in [6, 6.07) is 14.8. The van der Waals surface area contributed by atoms with E-state index in [2.05, 4.69) is 10.6 Å². The molecule has 232 valence electrons. The van der Waals surface area contributed by atoms with Crippen LogP contribution in [0.5, 0.6) is 0 Å². The molecule has 0 bridgehead atoms. The highest BCUT2D eigenvalue weighted by molar-refractivity contribution is 6.01. The molecule has 4 unspecified atom stereocenters.